The van der Waals surface area contributed by atoms with Crippen molar-refractivity contribution in [1.82, 2.24) is 10.2 Å². The Hall–Kier alpha value is -1.69. The lowest BCUT2D eigenvalue weighted by Gasteiger charge is -2.51. The van der Waals surface area contributed by atoms with E-state index in [9.17, 15) is 9.90 Å². The van der Waals surface area contributed by atoms with Gasteiger partial charge in [-0.1, -0.05) is 55.8 Å². The van der Waals surface area contributed by atoms with Crippen LogP contribution >= 0.6 is 0 Å². The highest BCUT2D eigenvalue weighted by Crippen LogP contribution is 2.55. The van der Waals surface area contributed by atoms with Crippen LogP contribution in [0.15, 0.2) is 42.0 Å². The third-order valence-corrected chi connectivity index (χ3v) is 9.03. The van der Waals surface area contributed by atoms with Gasteiger partial charge in [-0.15, -0.1) is 0 Å². The monoisotopic (exact) mass is 438 g/mol. The number of hydrogen-bond acceptors (Lipinski definition) is 5. The average Bonchev–Trinajstić information content (AvgIpc) is 3.11. The van der Waals surface area contributed by atoms with Crippen molar-refractivity contribution in [2.45, 2.75) is 70.7 Å². The van der Waals surface area contributed by atoms with Gasteiger partial charge in [0.1, 0.15) is 6.10 Å². The molecule has 2 N–H and O–H groups in total. The van der Waals surface area contributed by atoms with E-state index in [1.165, 1.54) is 11.1 Å². The van der Waals surface area contributed by atoms with Gasteiger partial charge in [0.2, 0.25) is 0 Å². The first kappa shape index (κ1) is 22.1. The average molecular weight is 439 g/mol. The fourth-order valence-electron chi connectivity index (χ4n) is 6.73. The first-order valence-electron chi connectivity index (χ1n) is 12.5. The molecule has 1 aromatic carbocycles. The summed E-state index contributed by atoms with van der Waals surface area (Å²) in [5.74, 6) is -0.0408. The zero-order valence-electron chi connectivity index (χ0n) is 19.5. The van der Waals surface area contributed by atoms with E-state index >= 15 is 0 Å². The van der Waals surface area contributed by atoms with Crippen molar-refractivity contribution in [2.24, 2.45) is 23.2 Å². The standard InChI is InChI=1S/C27H38N2O3/c1-18-7-6-10-20-15-23-24(25(30)27(18,20)2)22(26(31)32-23)16-28-21-11-13-29(14-12-21)17-19-8-4-3-5-9-19/h3-5,8-10,18,21-25,28,30H,6-7,11-17H2,1-2H3/t18-,22-,23-,24-,25-,27-/m1/s1. The Morgan fingerprint density at radius 2 is 1.94 bits per heavy atom. The van der Waals surface area contributed by atoms with E-state index in [0.717, 1.165) is 51.7 Å². The largest absolute Gasteiger partial charge is 0.461 e. The lowest BCUT2D eigenvalue weighted by molar-refractivity contribution is -0.144. The Balaban J connectivity index is 1.18. The van der Waals surface area contributed by atoms with Crippen LogP contribution in [0.3, 0.4) is 0 Å². The highest BCUT2D eigenvalue weighted by Gasteiger charge is 2.59. The van der Waals surface area contributed by atoms with Crippen molar-refractivity contribution in [3.05, 3.63) is 47.5 Å². The van der Waals surface area contributed by atoms with E-state index in [1.807, 2.05) is 0 Å². The molecule has 0 unspecified atom stereocenters. The summed E-state index contributed by atoms with van der Waals surface area (Å²) in [6, 6.07) is 11.1. The van der Waals surface area contributed by atoms with Gasteiger partial charge in [0.15, 0.2) is 0 Å². The van der Waals surface area contributed by atoms with Gasteiger partial charge >= 0.3 is 5.97 Å². The number of nitrogens with one attached hydrogen (secondary N) is 1. The zero-order valence-corrected chi connectivity index (χ0v) is 19.5. The van der Waals surface area contributed by atoms with Gasteiger partial charge in [0, 0.05) is 36.9 Å². The molecule has 5 rings (SSSR count). The minimum Gasteiger partial charge on any atom is -0.461 e. The normalized spacial score (nSPS) is 38.0. The molecule has 3 fully saturated rings. The quantitative estimate of drug-likeness (QED) is 0.544. The second-order valence-corrected chi connectivity index (χ2v) is 10.7. The molecule has 0 aromatic heterocycles. The Morgan fingerprint density at radius 1 is 1.19 bits per heavy atom. The molecule has 0 amide bonds. The summed E-state index contributed by atoms with van der Waals surface area (Å²) < 4.78 is 5.81. The molecule has 0 bridgehead atoms. The fraction of sp³-hybridized carbons (Fsp3) is 0.667. The molecule has 2 heterocycles. The Labute approximate surface area is 192 Å². The van der Waals surface area contributed by atoms with E-state index in [1.54, 1.807) is 0 Å². The molecule has 4 aliphatic rings. The summed E-state index contributed by atoms with van der Waals surface area (Å²) in [6.45, 7) is 8.22. The van der Waals surface area contributed by atoms with E-state index in [2.05, 4.69) is 60.5 Å². The van der Waals surface area contributed by atoms with E-state index in [-0.39, 0.29) is 29.3 Å². The van der Waals surface area contributed by atoms with E-state index in [4.69, 9.17) is 4.74 Å². The van der Waals surface area contributed by atoms with E-state index in [0.29, 0.717) is 18.5 Å². The summed E-state index contributed by atoms with van der Waals surface area (Å²) >= 11 is 0. The molecule has 2 aliphatic heterocycles. The van der Waals surface area contributed by atoms with Crippen molar-refractivity contribution in [1.29, 1.82) is 0 Å². The van der Waals surface area contributed by atoms with Gasteiger partial charge in [-0.25, -0.2) is 0 Å². The van der Waals surface area contributed by atoms with Gasteiger partial charge in [-0.05, 0) is 50.3 Å². The number of esters is 1. The number of aliphatic hydroxyl groups is 1. The first-order valence-corrected chi connectivity index (χ1v) is 12.5. The SMILES string of the molecule is C[C@@H]1CCC=C2C[C@H]3OC(=O)[C@H](CNC4CCN(Cc5ccccc5)CC4)[C@H]3[C@@H](O)[C@@]21C. The molecular weight excluding hydrogens is 400 g/mol. The Bertz CT molecular complexity index is 848. The number of piperidine rings is 1. The summed E-state index contributed by atoms with van der Waals surface area (Å²) in [5.41, 5.74) is 2.44. The molecule has 6 atom stereocenters. The molecule has 174 valence electrons. The number of ether oxygens (including phenoxy) is 1. The number of nitrogens with zero attached hydrogens (tertiary/aromatic N) is 1. The smallest absolute Gasteiger partial charge is 0.311 e. The molecule has 5 nitrogen and oxygen atoms in total. The number of benzene rings is 1. The maximum absolute atomic E-state index is 12.8. The third kappa shape index (κ3) is 3.93. The molecule has 1 saturated carbocycles. The van der Waals surface area contributed by atoms with Crippen molar-refractivity contribution in [3.8, 4) is 0 Å². The second-order valence-electron chi connectivity index (χ2n) is 10.7. The van der Waals surface area contributed by atoms with Gasteiger partial charge in [-0.3, -0.25) is 9.69 Å². The van der Waals surface area contributed by atoms with Crippen molar-refractivity contribution >= 4 is 5.97 Å². The van der Waals surface area contributed by atoms with Crippen LogP contribution < -0.4 is 5.32 Å². The summed E-state index contributed by atoms with van der Waals surface area (Å²) in [7, 11) is 0. The predicted octanol–water partition coefficient (Wildman–Crippen LogP) is 3.53. The summed E-state index contributed by atoms with van der Waals surface area (Å²) in [4.78, 5) is 15.3. The van der Waals surface area contributed by atoms with Gasteiger partial charge in [-0.2, -0.15) is 0 Å². The lowest BCUT2D eigenvalue weighted by Crippen LogP contribution is -2.55. The second kappa shape index (κ2) is 8.92. The van der Waals surface area contributed by atoms with Crippen molar-refractivity contribution in [2.75, 3.05) is 19.6 Å². The molecule has 32 heavy (non-hydrogen) atoms. The maximum Gasteiger partial charge on any atom is 0.311 e. The number of fused-ring (bicyclic) bond motifs is 2. The Morgan fingerprint density at radius 3 is 2.69 bits per heavy atom. The summed E-state index contributed by atoms with van der Waals surface area (Å²) in [6.07, 6.45) is 6.76. The highest BCUT2D eigenvalue weighted by atomic mass is 16.6. The Kier molecular flexibility index (Phi) is 6.17. The zero-order chi connectivity index (χ0) is 22.3. The van der Waals surface area contributed by atoms with Crippen molar-refractivity contribution < 1.29 is 14.6 Å². The summed E-state index contributed by atoms with van der Waals surface area (Å²) in [5, 5.41) is 15.2. The molecule has 5 heteroatoms. The number of carbonyl (C=O) groups excluding carboxylic acids is 1. The maximum atomic E-state index is 12.8. The number of carbonyl (C=O) groups is 1. The number of hydrogen-bond donors (Lipinski definition) is 2. The molecule has 1 aromatic rings. The highest BCUT2D eigenvalue weighted by molar-refractivity contribution is 5.76. The topological polar surface area (TPSA) is 61.8 Å². The predicted molar refractivity (Wildman–Crippen MR) is 125 cm³/mol. The number of rotatable bonds is 5. The van der Waals surface area contributed by atoms with Crippen LogP contribution in [-0.4, -0.2) is 53.9 Å². The van der Waals surface area contributed by atoms with Crippen LogP contribution in [0.1, 0.15) is 51.5 Å². The number of allylic oxidation sites excluding steroid dienone is 1. The van der Waals surface area contributed by atoms with Gasteiger partial charge < -0.3 is 15.2 Å². The van der Waals surface area contributed by atoms with E-state index < -0.39 is 6.10 Å². The third-order valence-electron chi connectivity index (χ3n) is 9.03. The van der Waals surface area contributed by atoms with Crippen LogP contribution in [0.4, 0.5) is 0 Å². The minimum atomic E-state index is -0.520. The fourth-order valence-corrected chi connectivity index (χ4v) is 6.73. The van der Waals surface area contributed by atoms with Crippen molar-refractivity contribution in [3.63, 3.8) is 0 Å². The van der Waals surface area contributed by atoms with Crippen LogP contribution in [0.25, 0.3) is 0 Å². The van der Waals surface area contributed by atoms with Gasteiger partial charge in [0.05, 0.1) is 12.0 Å². The molecule has 0 spiro atoms. The number of aliphatic hydroxyl groups excluding tert-OH is 1. The van der Waals surface area contributed by atoms with Gasteiger partial charge in [0.25, 0.3) is 0 Å². The molecule has 2 aliphatic carbocycles. The van der Waals surface area contributed by atoms with Crippen LogP contribution in [0.5, 0.6) is 0 Å². The molecule has 0 radical (unpaired) electrons. The minimum absolute atomic E-state index is 0.101. The van der Waals surface area contributed by atoms with Crippen LogP contribution in [0.2, 0.25) is 0 Å². The number of likely N-dealkylation sites (tertiary alicyclic amines) is 1. The van der Waals surface area contributed by atoms with Crippen LogP contribution in [-0.2, 0) is 16.1 Å². The first-order chi connectivity index (χ1) is 15.5. The lowest BCUT2D eigenvalue weighted by atomic mass is 9.55. The molecular formula is C27H38N2O3. The van der Waals surface area contributed by atoms with Crippen LogP contribution in [0, 0.1) is 23.2 Å². The molecule has 2 saturated heterocycles.